The average Bonchev–Trinajstić information content (AvgIpc) is 3.11. The van der Waals surface area contributed by atoms with Gasteiger partial charge in [-0.15, -0.1) is 0 Å². The molecule has 0 radical (unpaired) electrons. The monoisotopic (exact) mass is 342 g/mol. The van der Waals surface area contributed by atoms with Crippen molar-refractivity contribution in [1.82, 2.24) is 14.7 Å². The van der Waals surface area contributed by atoms with Crippen LogP contribution in [-0.2, 0) is 17.9 Å². The minimum absolute atomic E-state index is 0.0738. The van der Waals surface area contributed by atoms with Gasteiger partial charge < -0.3 is 10.0 Å². The summed E-state index contributed by atoms with van der Waals surface area (Å²) in [6.45, 7) is 6.01. The highest BCUT2D eigenvalue weighted by Crippen LogP contribution is 2.25. The van der Waals surface area contributed by atoms with Crippen molar-refractivity contribution in [3.63, 3.8) is 0 Å². The van der Waals surface area contributed by atoms with Crippen molar-refractivity contribution in [2.24, 2.45) is 0 Å². The average molecular weight is 342 g/mol. The zero-order chi connectivity index (χ0) is 18.0. The molecule has 3 rings (SSSR count). The fraction of sp³-hybridized carbons (Fsp3) is 0.474. The molecule has 1 aromatic heterocycles. The first-order chi connectivity index (χ1) is 12.0. The van der Waals surface area contributed by atoms with Gasteiger partial charge in [0.15, 0.2) is 0 Å². The van der Waals surface area contributed by atoms with Gasteiger partial charge in [0.05, 0.1) is 24.9 Å². The zero-order valence-corrected chi connectivity index (χ0v) is 15.1. The predicted molar refractivity (Wildman–Crippen MR) is 97.5 cm³/mol. The number of aryl methyl sites for hydroxylation is 1. The molecule has 6 heteroatoms. The van der Waals surface area contributed by atoms with E-state index in [9.17, 15) is 4.79 Å². The molecule has 1 atom stereocenters. The first-order valence-electron chi connectivity index (χ1n) is 8.73. The highest BCUT2D eigenvalue weighted by molar-refractivity contribution is 5.99. The van der Waals surface area contributed by atoms with Crippen LogP contribution in [-0.4, -0.2) is 51.9 Å². The molecule has 1 amide bonds. The number of anilines is 1. The van der Waals surface area contributed by atoms with Gasteiger partial charge in [-0.1, -0.05) is 18.2 Å². The van der Waals surface area contributed by atoms with E-state index in [1.807, 2.05) is 60.8 Å². The molecule has 1 aliphatic rings. The van der Waals surface area contributed by atoms with Crippen molar-refractivity contribution < 1.29 is 9.90 Å². The van der Waals surface area contributed by atoms with E-state index in [0.29, 0.717) is 13.1 Å². The van der Waals surface area contributed by atoms with E-state index in [4.69, 9.17) is 5.11 Å². The van der Waals surface area contributed by atoms with Gasteiger partial charge in [-0.2, -0.15) is 5.10 Å². The summed E-state index contributed by atoms with van der Waals surface area (Å²) in [6.07, 6.45) is 0.826. The largest absolute Gasteiger partial charge is 0.394 e. The molecule has 0 aliphatic carbocycles. The zero-order valence-electron chi connectivity index (χ0n) is 15.1. The van der Waals surface area contributed by atoms with Crippen LogP contribution >= 0.6 is 0 Å². The molecule has 134 valence electrons. The van der Waals surface area contributed by atoms with Crippen LogP contribution in [0, 0.1) is 13.8 Å². The van der Waals surface area contributed by atoms with Gasteiger partial charge in [-0.05, 0) is 39.4 Å². The second-order valence-corrected chi connectivity index (χ2v) is 6.64. The minimum atomic E-state index is -0.111. The molecular weight excluding hydrogens is 316 g/mol. The Morgan fingerprint density at radius 3 is 2.68 bits per heavy atom. The maximum absolute atomic E-state index is 12.8. The number of aromatic nitrogens is 2. The van der Waals surface area contributed by atoms with E-state index in [1.54, 1.807) is 0 Å². The summed E-state index contributed by atoms with van der Waals surface area (Å²) < 4.78 is 1.84. The number of carbonyl (C=O) groups excluding carboxylic acids is 1. The van der Waals surface area contributed by atoms with E-state index in [-0.39, 0.29) is 18.6 Å². The van der Waals surface area contributed by atoms with E-state index in [0.717, 1.165) is 35.6 Å². The second-order valence-electron chi connectivity index (χ2n) is 6.64. The van der Waals surface area contributed by atoms with Gasteiger partial charge in [-0.25, -0.2) is 0 Å². The fourth-order valence-electron chi connectivity index (χ4n) is 3.57. The van der Waals surface area contributed by atoms with E-state index in [2.05, 4.69) is 10.00 Å². The molecule has 1 aromatic carbocycles. The highest BCUT2D eigenvalue weighted by Gasteiger charge is 2.35. The Morgan fingerprint density at radius 2 is 2.00 bits per heavy atom. The first kappa shape index (κ1) is 17.6. The number of hydrogen-bond acceptors (Lipinski definition) is 4. The van der Waals surface area contributed by atoms with Crippen molar-refractivity contribution in [3.8, 4) is 0 Å². The molecule has 1 saturated heterocycles. The Balaban J connectivity index is 1.72. The van der Waals surface area contributed by atoms with Crippen LogP contribution in [0.25, 0.3) is 0 Å². The molecule has 0 saturated carbocycles. The molecule has 1 aliphatic heterocycles. The van der Waals surface area contributed by atoms with Crippen molar-refractivity contribution in [3.05, 3.63) is 47.3 Å². The first-order valence-corrected chi connectivity index (χ1v) is 8.73. The fourth-order valence-corrected chi connectivity index (χ4v) is 3.57. The summed E-state index contributed by atoms with van der Waals surface area (Å²) >= 11 is 0. The summed E-state index contributed by atoms with van der Waals surface area (Å²) in [5.74, 6) is 0.159. The van der Waals surface area contributed by atoms with Crippen LogP contribution in [0.4, 0.5) is 5.69 Å². The van der Waals surface area contributed by atoms with Crippen LogP contribution in [0.1, 0.15) is 23.4 Å². The van der Waals surface area contributed by atoms with E-state index >= 15 is 0 Å². The summed E-state index contributed by atoms with van der Waals surface area (Å²) in [5.41, 5.74) is 4.13. The van der Waals surface area contributed by atoms with Gasteiger partial charge in [0.1, 0.15) is 0 Å². The number of benzene rings is 1. The molecule has 2 aromatic rings. The summed E-state index contributed by atoms with van der Waals surface area (Å²) in [4.78, 5) is 16.8. The molecule has 0 bridgehead atoms. The van der Waals surface area contributed by atoms with Gasteiger partial charge in [0.2, 0.25) is 5.91 Å². The van der Waals surface area contributed by atoms with Gasteiger partial charge in [0.25, 0.3) is 0 Å². The van der Waals surface area contributed by atoms with Crippen molar-refractivity contribution >= 4 is 11.6 Å². The molecular formula is C19H26N4O2. The van der Waals surface area contributed by atoms with Crippen molar-refractivity contribution in [2.75, 3.05) is 25.1 Å². The highest BCUT2D eigenvalue weighted by atomic mass is 16.3. The maximum Gasteiger partial charge on any atom is 0.244 e. The Bertz CT molecular complexity index is 741. The van der Waals surface area contributed by atoms with Crippen LogP contribution in [0.15, 0.2) is 30.3 Å². The number of carbonyl (C=O) groups is 1. The summed E-state index contributed by atoms with van der Waals surface area (Å²) in [6, 6.07) is 9.73. The number of aliphatic hydroxyl groups excluding tert-OH is 1. The Kier molecular flexibility index (Phi) is 5.20. The van der Waals surface area contributed by atoms with Gasteiger partial charge in [-0.3, -0.25) is 14.4 Å². The standard InChI is InChI=1S/C19H26N4O2/c1-14-17(15(2)23(20-14)11-12-24)13-21(3)18-9-10-22(19(18)25)16-7-5-4-6-8-16/h4-8,18,24H,9-13H2,1-3H3. The van der Waals surface area contributed by atoms with Crippen molar-refractivity contribution in [1.29, 1.82) is 0 Å². The third kappa shape index (κ3) is 3.45. The smallest absolute Gasteiger partial charge is 0.244 e. The van der Waals surface area contributed by atoms with Crippen LogP contribution in [0.3, 0.4) is 0 Å². The Hall–Kier alpha value is -2.18. The normalized spacial score (nSPS) is 17.7. The Morgan fingerprint density at radius 1 is 1.28 bits per heavy atom. The second kappa shape index (κ2) is 7.37. The van der Waals surface area contributed by atoms with E-state index < -0.39 is 0 Å². The number of aliphatic hydroxyl groups is 1. The topological polar surface area (TPSA) is 61.6 Å². The number of nitrogens with zero attached hydrogens (tertiary/aromatic N) is 4. The lowest BCUT2D eigenvalue weighted by molar-refractivity contribution is -0.121. The molecule has 0 spiro atoms. The number of hydrogen-bond donors (Lipinski definition) is 1. The lowest BCUT2D eigenvalue weighted by Gasteiger charge is -2.24. The van der Waals surface area contributed by atoms with Crippen molar-refractivity contribution in [2.45, 2.75) is 39.4 Å². The molecule has 1 unspecified atom stereocenters. The predicted octanol–water partition coefficient (Wildman–Crippen LogP) is 1.73. The lowest BCUT2D eigenvalue weighted by Crippen LogP contribution is -2.39. The quantitative estimate of drug-likeness (QED) is 0.868. The van der Waals surface area contributed by atoms with Crippen LogP contribution in [0.5, 0.6) is 0 Å². The van der Waals surface area contributed by atoms with Crippen LogP contribution in [0.2, 0.25) is 0 Å². The molecule has 1 N–H and O–H groups in total. The summed E-state index contributed by atoms with van der Waals surface area (Å²) in [5, 5.41) is 13.6. The third-order valence-corrected chi connectivity index (χ3v) is 5.03. The SMILES string of the molecule is Cc1nn(CCO)c(C)c1CN(C)C1CCN(c2ccccc2)C1=O. The van der Waals surface area contributed by atoms with Gasteiger partial charge >= 0.3 is 0 Å². The minimum Gasteiger partial charge on any atom is -0.394 e. The van der Waals surface area contributed by atoms with Gasteiger partial charge in [0, 0.05) is 30.0 Å². The number of para-hydroxylation sites is 1. The van der Waals surface area contributed by atoms with E-state index in [1.165, 1.54) is 0 Å². The number of rotatable bonds is 6. The molecule has 6 nitrogen and oxygen atoms in total. The molecule has 25 heavy (non-hydrogen) atoms. The lowest BCUT2D eigenvalue weighted by atomic mass is 10.1. The number of likely N-dealkylation sites (N-methyl/N-ethyl adjacent to an activating group) is 1. The molecule has 1 fully saturated rings. The number of amides is 1. The third-order valence-electron chi connectivity index (χ3n) is 5.03. The Labute approximate surface area is 148 Å². The summed E-state index contributed by atoms with van der Waals surface area (Å²) in [7, 11) is 2.00. The van der Waals surface area contributed by atoms with Crippen LogP contribution < -0.4 is 4.90 Å². The maximum atomic E-state index is 12.8. The molecule has 2 heterocycles.